The van der Waals surface area contributed by atoms with Crippen LogP contribution in [0.4, 0.5) is 0 Å². The average Bonchev–Trinajstić information content (AvgIpc) is 2.61. The third-order valence-electron chi connectivity index (χ3n) is 4.29. The maximum atomic E-state index is 12.2. The molecule has 1 saturated carbocycles. The summed E-state index contributed by atoms with van der Waals surface area (Å²) in [5.74, 6) is 0.387. The van der Waals surface area contributed by atoms with Crippen molar-refractivity contribution >= 4 is 11.8 Å². The molecule has 2 fully saturated rings. The van der Waals surface area contributed by atoms with E-state index in [1.807, 2.05) is 0 Å². The van der Waals surface area contributed by atoms with Gasteiger partial charge in [0.15, 0.2) is 0 Å². The maximum Gasteiger partial charge on any atom is 0.244 e. The SMILES string of the molecule is CC1CC(N)CCC1C(=O)NC1CCN(C)C1=O. The van der Waals surface area contributed by atoms with Crippen LogP contribution in [0.25, 0.3) is 0 Å². The summed E-state index contributed by atoms with van der Waals surface area (Å²) < 4.78 is 0. The number of carbonyl (C=O) groups excluding carboxylic acids is 2. The predicted molar refractivity (Wildman–Crippen MR) is 68.7 cm³/mol. The minimum Gasteiger partial charge on any atom is -0.344 e. The van der Waals surface area contributed by atoms with E-state index in [1.54, 1.807) is 11.9 Å². The number of hydrogen-bond donors (Lipinski definition) is 2. The number of carbonyl (C=O) groups is 2. The third kappa shape index (κ3) is 2.66. The van der Waals surface area contributed by atoms with E-state index in [9.17, 15) is 9.59 Å². The van der Waals surface area contributed by atoms with Gasteiger partial charge in [0, 0.05) is 25.6 Å². The predicted octanol–water partition coefficient (Wildman–Crippen LogP) is 0.0968. The van der Waals surface area contributed by atoms with Crippen molar-refractivity contribution in [3.8, 4) is 0 Å². The van der Waals surface area contributed by atoms with Gasteiger partial charge in [0.05, 0.1) is 0 Å². The van der Waals surface area contributed by atoms with Crippen LogP contribution in [0.1, 0.15) is 32.6 Å². The first-order chi connectivity index (χ1) is 8.49. The van der Waals surface area contributed by atoms with E-state index < -0.39 is 0 Å². The van der Waals surface area contributed by atoms with E-state index in [2.05, 4.69) is 12.2 Å². The molecule has 0 aromatic rings. The van der Waals surface area contributed by atoms with Gasteiger partial charge in [0.2, 0.25) is 11.8 Å². The van der Waals surface area contributed by atoms with Crippen LogP contribution >= 0.6 is 0 Å². The Bertz CT molecular complexity index is 345. The lowest BCUT2D eigenvalue weighted by molar-refractivity contribution is -0.134. The molecule has 18 heavy (non-hydrogen) atoms. The van der Waals surface area contributed by atoms with Crippen LogP contribution < -0.4 is 11.1 Å². The number of likely N-dealkylation sites (tertiary alicyclic amines) is 1. The second-order valence-electron chi connectivity index (χ2n) is 5.77. The van der Waals surface area contributed by atoms with Gasteiger partial charge in [-0.3, -0.25) is 9.59 Å². The number of hydrogen-bond acceptors (Lipinski definition) is 3. The van der Waals surface area contributed by atoms with Crippen molar-refractivity contribution in [2.75, 3.05) is 13.6 Å². The number of nitrogens with zero attached hydrogens (tertiary/aromatic N) is 1. The molecule has 102 valence electrons. The lowest BCUT2D eigenvalue weighted by atomic mass is 9.77. The van der Waals surface area contributed by atoms with Crippen molar-refractivity contribution in [2.24, 2.45) is 17.6 Å². The highest BCUT2D eigenvalue weighted by molar-refractivity contribution is 5.89. The quantitative estimate of drug-likeness (QED) is 0.732. The Labute approximate surface area is 108 Å². The fourth-order valence-electron chi connectivity index (χ4n) is 3.06. The molecule has 1 heterocycles. The Balaban J connectivity index is 1.90. The highest BCUT2D eigenvalue weighted by atomic mass is 16.2. The zero-order valence-corrected chi connectivity index (χ0v) is 11.2. The highest BCUT2D eigenvalue weighted by Gasteiger charge is 2.35. The summed E-state index contributed by atoms with van der Waals surface area (Å²) in [4.78, 5) is 25.6. The second kappa shape index (κ2) is 5.26. The lowest BCUT2D eigenvalue weighted by Crippen LogP contribution is -2.46. The Morgan fingerprint density at radius 1 is 1.39 bits per heavy atom. The van der Waals surface area contributed by atoms with Gasteiger partial charge in [-0.2, -0.15) is 0 Å². The van der Waals surface area contributed by atoms with Crippen LogP contribution in [-0.4, -0.2) is 42.4 Å². The molecule has 1 aliphatic heterocycles. The van der Waals surface area contributed by atoms with Crippen molar-refractivity contribution < 1.29 is 9.59 Å². The van der Waals surface area contributed by atoms with E-state index >= 15 is 0 Å². The van der Waals surface area contributed by atoms with E-state index in [-0.39, 0.29) is 29.8 Å². The normalized spacial score (nSPS) is 36.8. The molecule has 4 atom stereocenters. The Morgan fingerprint density at radius 3 is 2.67 bits per heavy atom. The summed E-state index contributed by atoms with van der Waals surface area (Å²) in [5.41, 5.74) is 5.90. The summed E-state index contributed by atoms with van der Waals surface area (Å²) in [6, 6.07) is -0.0893. The van der Waals surface area contributed by atoms with Crippen LogP contribution in [0.5, 0.6) is 0 Å². The fraction of sp³-hybridized carbons (Fsp3) is 0.846. The Hall–Kier alpha value is -1.10. The zero-order chi connectivity index (χ0) is 13.3. The molecule has 3 N–H and O–H groups in total. The minimum atomic E-state index is -0.315. The molecule has 0 spiro atoms. The minimum absolute atomic E-state index is 0.0171. The Morgan fingerprint density at radius 2 is 2.11 bits per heavy atom. The number of nitrogens with two attached hydrogens (primary N) is 1. The zero-order valence-electron chi connectivity index (χ0n) is 11.2. The Kier molecular flexibility index (Phi) is 3.90. The number of rotatable bonds is 2. The van der Waals surface area contributed by atoms with Gasteiger partial charge < -0.3 is 16.0 Å². The van der Waals surface area contributed by atoms with E-state index in [1.165, 1.54) is 0 Å². The summed E-state index contributed by atoms with van der Waals surface area (Å²) in [6.45, 7) is 2.81. The van der Waals surface area contributed by atoms with E-state index in [0.717, 1.165) is 32.2 Å². The molecule has 0 aromatic heterocycles. The average molecular weight is 253 g/mol. The van der Waals surface area contributed by atoms with Gasteiger partial charge in [0.25, 0.3) is 0 Å². The van der Waals surface area contributed by atoms with Crippen molar-refractivity contribution in [3.05, 3.63) is 0 Å². The first-order valence-electron chi connectivity index (χ1n) is 6.80. The standard InChI is InChI=1S/C13H23N3O2/c1-8-7-9(14)3-4-10(8)12(17)15-11-5-6-16(2)13(11)18/h8-11H,3-7,14H2,1-2H3,(H,15,17). The van der Waals surface area contributed by atoms with Crippen molar-refractivity contribution in [3.63, 3.8) is 0 Å². The largest absolute Gasteiger partial charge is 0.344 e. The first kappa shape index (κ1) is 13.3. The summed E-state index contributed by atoms with van der Waals surface area (Å²) >= 11 is 0. The molecule has 0 bridgehead atoms. The smallest absolute Gasteiger partial charge is 0.244 e. The number of amides is 2. The molecule has 1 aliphatic carbocycles. The van der Waals surface area contributed by atoms with Crippen LogP contribution in [0, 0.1) is 11.8 Å². The molecule has 0 aromatic carbocycles. The van der Waals surface area contributed by atoms with Crippen LogP contribution in [0.2, 0.25) is 0 Å². The molecule has 2 amide bonds. The molecule has 4 unspecified atom stereocenters. The van der Waals surface area contributed by atoms with Crippen molar-refractivity contribution in [2.45, 2.75) is 44.7 Å². The summed E-state index contributed by atoms with van der Waals surface area (Å²) in [7, 11) is 1.77. The lowest BCUT2D eigenvalue weighted by Gasteiger charge is -2.32. The number of nitrogens with one attached hydrogen (secondary N) is 1. The van der Waals surface area contributed by atoms with Gasteiger partial charge >= 0.3 is 0 Å². The molecule has 5 heteroatoms. The molecule has 2 aliphatic rings. The highest BCUT2D eigenvalue weighted by Crippen LogP contribution is 2.29. The van der Waals surface area contributed by atoms with E-state index in [4.69, 9.17) is 5.73 Å². The van der Waals surface area contributed by atoms with Gasteiger partial charge in [-0.1, -0.05) is 6.92 Å². The van der Waals surface area contributed by atoms with Crippen LogP contribution in [0.3, 0.4) is 0 Å². The molecule has 5 nitrogen and oxygen atoms in total. The van der Waals surface area contributed by atoms with Crippen LogP contribution in [0.15, 0.2) is 0 Å². The molecule has 1 saturated heterocycles. The van der Waals surface area contributed by atoms with Gasteiger partial charge in [-0.05, 0) is 31.6 Å². The topological polar surface area (TPSA) is 75.4 Å². The monoisotopic (exact) mass is 253 g/mol. The summed E-state index contributed by atoms with van der Waals surface area (Å²) in [6.07, 6.45) is 3.37. The van der Waals surface area contributed by atoms with Crippen molar-refractivity contribution in [1.82, 2.24) is 10.2 Å². The van der Waals surface area contributed by atoms with E-state index in [0.29, 0.717) is 5.92 Å². The van der Waals surface area contributed by atoms with Crippen molar-refractivity contribution in [1.29, 1.82) is 0 Å². The van der Waals surface area contributed by atoms with Gasteiger partial charge in [-0.25, -0.2) is 0 Å². The van der Waals surface area contributed by atoms with Crippen LogP contribution in [-0.2, 0) is 9.59 Å². The second-order valence-corrected chi connectivity index (χ2v) is 5.77. The third-order valence-corrected chi connectivity index (χ3v) is 4.29. The molecular weight excluding hydrogens is 230 g/mol. The first-order valence-corrected chi connectivity index (χ1v) is 6.80. The maximum absolute atomic E-state index is 12.2. The molecular formula is C13H23N3O2. The molecule has 2 rings (SSSR count). The molecule has 0 radical (unpaired) electrons. The number of likely N-dealkylation sites (N-methyl/N-ethyl adjacent to an activating group) is 1. The van der Waals surface area contributed by atoms with Gasteiger partial charge in [0.1, 0.15) is 6.04 Å². The fourth-order valence-corrected chi connectivity index (χ4v) is 3.06. The summed E-state index contributed by atoms with van der Waals surface area (Å²) in [5, 5.41) is 2.90. The van der Waals surface area contributed by atoms with Gasteiger partial charge in [-0.15, -0.1) is 0 Å².